The molecule has 0 saturated heterocycles. The molecule has 0 atom stereocenters. The molecule has 0 aliphatic carbocycles. The molecule has 0 unspecified atom stereocenters. The van der Waals surface area contributed by atoms with E-state index in [9.17, 15) is 4.79 Å². The minimum atomic E-state index is -0.359. The number of hydrazone groups is 1. The smallest absolute Gasteiger partial charge is 0.289 e. The van der Waals surface area contributed by atoms with Crippen molar-refractivity contribution < 1.29 is 9.21 Å². The van der Waals surface area contributed by atoms with Crippen LogP contribution in [0.2, 0.25) is 0 Å². The predicted molar refractivity (Wildman–Crippen MR) is 87.1 cm³/mol. The summed E-state index contributed by atoms with van der Waals surface area (Å²) >= 11 is 0. The summed E-state index contributed by atoms with van der Waals surface area (Å²) in [7, 11) is 0. The molecule has 0 aliphatic heterocycles. The van der Waals surface area contributed by atoms with E-state index >= 15 is 0 Å². The fourth-order valence-electron chi connectivity index (χ4n) is 2.04. The van der Waals surface area contributed by atoms with Crippen molar-refractivity contribution in [3.05, 3.63) is 65.7 Å². The lowest BCUT2D eigenvalue weighted by Crippen LogP contribution is -2.19. The number of H-pyrrole nitrogens is 1. The second kappa shape index (κ2) is 6.31. The molecule has 0 aliphatic rings. The maximum atomic E-state index is 12.1. The maximum absolute atomic E-state index is 12.1. The summed E-state index contributed by atoms with van der Waals surface area (Å²) in [5.74, 6) is 0.247. The number of carbonyl (C=O) groups is 1. The van der Waals surface area contributed by atoms with Crippen LogP contribution < -0.4 is 5.43 Å². The molecule has 2 N–H and O–H groups in total. The fourth-order valence-corrected chi connectivity index (χ4v) is 2.04. The highest BCUT2D eigenvalue weighted by Crippen LogP contribution is 2.18. The van der Waals surface area contributed by atoms with Gasteiger partial charge in [-0.05, 0) is 32.0 Å². The van der Waals surface area contributed by atoms with E-state index in [2.05, 4.69) is 20.7 Å². The summed E-state index contributed by atoms with van der Waals surface area (Å²) in [4.78, 5) is 12.1. The molecule has 0 fully saturated rings. The largest absolute Gasteiger partial charge is 0.463 e. The Morgan fingerprint density at radius 1 is 1.26 bits per heavy atom. The predicted octanol–water partition coefficient (Wildman–Crippen LogP) is 3.13. The van der Waals surface area contributed by atoms with E-state index in [0.29, 0.717) is 22.9 Å². The van der Waals surface area contributed by atoms with Crippen molar-refractivity contribution >= 4 is 11.6 Å². The average molecular weight is 308 g/mol. The molecule has 1 aromatic carbocycles. The number of rotatable bonds is 4. The van der Waals surface area contributed by atoms with Crippen molar-refractivity contribution in [3.63, 3.8) is 0 Å². The summed E-state index contributed by atoms with van der Waals surface area (Å²) in [5.41, 5.74) is 6.23. The molecule has 2 aromatic heterocycles. The van der Waals surface area contributed by atoms with Gasteiger partial charge in [0.1, 0.15) is 17.2 Å². The van der Waals surface area contributed by atoms with Crippen LogP contribution in [-0.4, -0.2) is 21.8 Å². The van der Waals surface area contributed by atoms with E-state index in [0.717, 1.165) is 5.56 Å². The molecular weight excluding hydrogens is 292 g/mol. The Kier molecular flexibility index (Phi) is 4.05. The number of nitrogens with zero attached hydrogens (tertiary/aromatic N) is 2. The summed E-state index contributed by atoms with van der Waals surface area (Å²) < 4.78 is 5.20. The quantitative estimate of drug-likeness (QED) is 0.573. The van der Waals surface area contributed by atoms with Gasteiger partial charge in [-0.1, -0.05) is 29.8 Å². The maximum Gasteiger partial charge on any atom is 0.289 e. The van der Waals surface area contributed by atoms with E-state index < -0.39 is 0 Å². The second-order valence-corrected chi connectivity index (χ2v) is 5.15. The number of benzene rings is 1. The molecule has 23 heavy (non-hydrogen) atoms. The molecule has 0 spiro atoms. The molecule has 0 bridgehead atoms. The number of amides is 1. The van der Waals surface area contributed by atoms with E-state index in [1.807, 2.05) is 31.2 Å². The van der Waals surface area contributed by atoms with Gasteiger partial charge in [0.25, 0.3) is 5.91 Å². The number of carbonyl (C=O) groups excluding carboxylic acids is 1. The normalized spacial score (nSPS) is 11.5. The van der Waals surface area contributed by atoms with Gasteiger partial charge in [0.15, 0.2) is 0 Å². The molecule has 6 heteroatoms. The van der Waals surface area contributed by atoms with Crippen molar-refractivity contribution in [2.24, 2.45) is 5.10 Å². The Balaban J connectivity index is 1.71. The summed E-state index contributed by atoms with van der Waals surface area (Å²) in [5, 5.41) is 10.9. The minimum absolute atomic E-state index is 0.344. The van der Waals surface area contributed by atoms with Crippen molar-refractivity contribution in [1.29, 1.82) is 0 Å². The van der Waals surface area contributed by atoms with Crippen LogP contribution in [0.3, 0.4) is 0 Å². The molecule has 6 nitrogen and oxygen atoms in total. The van der Waals surface area contributed by atoms with E-state index in [1.165, 1.54) is 5.56 Å². The highest BCUT2D eigenvalue weighted by molar-refractivity contribution is 5.98. The Morgan fingerprint density at radius 3 is 2.74 bits per heavy atom. The third-order valence-corrected chi connectivity index (χ3v) is 3.37. The highest BCUT2D eigenvalue weighted by Gasteiger charge is 2.11. The highest BCUT2D eigenvalue weighted by atomic mass is 16.3. The molecular formula is C17H16N4O2. The van der Waals surface area contributed by atoms with Crippen LogP contribution in [0, 0.1) is 6.92 Å². The third-order valence-electron chi connectivity index (χ3n) is 3.37. The van der Waals surface area contributed by atoms with Crippen molar-refractivity contribution in [2.75, 3.05) is 0 Å². The Hall–Kier alpha value is -3.15. The van der Waals surface area contributed by atoms with Crippen LogP contribution >= 0.6 is 0 Å². The van der Waals surface area contributed by atoms with Crippen LogP contribution in [0.15, 0.2) is 58.2 Å². The van der Waals surface area contributed by atoms with Gasteiger partial charge in [-0.25, -0.2) is 5.43 Å². The molecule has 1 amide bonds. The van der Waals surface area contributed by atoms with Crippen LogP contribution in [0.4, 0.5) is 0 Å². The summed E-state index contributed by atoms with van der Waals surface area (Å²) in [6, 6.07) is 13.2. The van der Waals surface area contributed by atoms with Crippen LogP contribution in [-0.2, 0) is 0 Å². The van der Waals surface area contributed by atoms with E-state index in [1.54, 1.807) is 31.4 Å². The monoisotopic (exact) mass is 308 g/mol. The second-order valence-electron chi connectivity index (χ2n) is 5.15. The first kappa shape index (κ1) is 14.8. The van der Waals surface area contributed by atoms with E-state index in [4.69, 9.17) is 4.42 Å². The molecule has 0 saturated carbocycles. The first-order valence-corrected chi connectivity index (χ1v) is 7.14. The lowest BCUT2D eigenvalue weighted by Gasteiger charge is -1.98. The topological polar surface area (TPSA) is 83.3 Å². The van der Waals surface area contributed by atoms with Crippen molar-refractivity contribution in [3.8, 4) is 11.3 Å². The Bertz CT molecular complexity index is 830. The number of furan rings is 1. The van der Waals surface area contributed by atoms with Crippen LogP contribution in [0.25, 0.3) is 11.3 Å². The molecule has 3 rings (SSSR count). The van der Waals surface area contributed by atoms with Gasteiger partial charge in [0.2, 0.25) is 0 Å². The number of hydrogen-bond donors (Lipinski definition) is 2. The average Bonchev–Trinajstić information content (AvgIpc) is 3.24. The Labute approximate surface area is 133 Å². The summed E-state index contributed by atoms with van der Waals surface area (Å²) in [6.07, 6.45) is 1.55. The lowest BCUT2D eigenvalue weighted by molar-refractivity contribution is 0.0950. The van der Waals surface area contributed by atoms with Gasteiger partial charge >= 0.3 is 0 Å². The van der Waals surface area contributed by atoms with Gasteiger partial charge < -0.3 is 4.42 Å². The standard InChI is InChI=1S/C17H16N4O2/c1-11-5-7-13(8-6-11)14-10-15(20-19-14)17(22)21-18-12(2)16-4-3-9-23-16/h3-10H,1-2H3,(H,19,20)(H,21,22)/b18-12+. The van der Waals surface area contributed by atoms with Gasteiger partial charge in [-0.15, -0.1) is 0 Å². The zero-order chi connectivity index (χ0) is 16.2. The van der Waals surface area contributed by atoms with Gasteiger partial charge in [-0.2, -0.15) is 10.2 Å². The van der Waals surface area contributed by atoms with Crippen LogP contribution in [0.1, 0.15) is 28.7 Å². The fraction of sp³-hybridized carbons (Fsp3) is 0.118. The van der Waals surface area contributed by atoms with Gasteiger partial charge in [0, 0.05) is 5.56 Å². The molecule has 116 valence electrons. The molecule has 0 radical (unpaired) electrons. The zero-order valence-electron chi connectivity index (χ0n) is 12.8. The minimum Gasteiger partial charge on any atom is -0.463 e. The first-order valence-electron chi connectivity index (χ1n) is 7.14. The SMILES string of the molecule is C/C(=N\NC(=O)c1cc(-c2ccc(C)cc2)n[nH]1)c1ccco1. The van der Waals surface area contributed by atoms with Crippen molar-refractivity contribution in [1.82, 2.24) is 15.6 Å². The first-order chi connectivity index (χ1) is 11.1. The number of aryl methyl sites for hydroxylation is 1. The van der Waals surface area contributed by atoms with Gasteiger partial charge in [-0.3, -0.25) is 9.89 Å². The number of nitrogens with one attached hydrogen (secondary N) is 2. The summed E-state index contributed by atoms with van der Waals surface area (Å²) in [6.45, 7) is 3.77. The number of hydrogen-bond acceptors (Lipinski definition) is 4. The molecule has 2 heterocycles. The lowest BCUT2D eigenvalue weighted by atomic mass is 10.1. The van der Waals surface area contributed by atoms with Crippen LogP contribution in [0.5, 0.6) is 0 Å². The van der Waals surface area contributed by atoms with Gasteiger partial charge in [0.05, 0.1) is 12.0 Å². The number of aromatic nitrogens is 2. The van der Waals surface area contributed by atoms with Crippen molar-refractivity contribution in [2.45, 2.75) is 13.8 Å². The third kappa shape index (κ3) is 3.37. The number of aromatic amines is 1. The zero-order valence-corrected chi connectivity index (χ0v) is 12.8. The Morgan fingerprint density at radius 2 is 2.04 bits per heavy atom. The molecule has 3 aromatic rings. The van der Waals surface area contributed by atoms with E-state index in [-0.39, 0.29) is 5.91 Å².